The first kappa shape index (κ1) is 22.9. The molecule has 1 fully saturated rings. The van der Waals surface area contributed by atoms with Gasteiger partial charge in [-0.25, -0.2) is 0 Å². The van der Waals surface area contributed by atoms with Gasteiger partial charge in [0.15, 0.2) is 0 Å². The average Bonchev–Trinajstić information content (AvgIpc) is 3.14. The van der Waals surface area contributed by atoms with E-state index in [9.17, 15) is 0 Å². The van der Waals surface area contributed by atoms with Gasteiger partial charge in [-0.2, -0.15) is 0 Å². The van der Waals surface area contributed by atoms with Crippen LogP contribution in [0.15, 0.2) is 35.1 Å². The highest BCUT2D eigenvalue weighted by Gasteiger charge is 2.22. The molecule has 0 bridgehead atoms. The van der Waals surface area contributed by atoms with Crippen LogP contribution in [0.1, 0.15) is 79.1 Å². The van der Waals surface area contributed by atoms with Crippen molar-refractivity contribution in [2.24, 2.45) is 11.8 Å². The molecule has 1 saturated heterocycles. The third kappa shape index (κ3) is 7.24. The van der Waals surface area contributed by atoms with Crippen LogP contribution in [0.3, 0.4) is 0 Å². The molecule has 2 unspecified atom stereocenters. The summed E-state index contributed by atoms with van der Waals surface area (Å²) in [5.41, 5.74) is 4.54. The zero-order valence-corrected chi connectivity index (χ0v) is 18.8. The minimum absolute atomic E-state index is 0.500. The van der Waals surface area contributed by atoms with Crippen LogP contribution in [0.25, 0.3) is 0 Å². The van der Waals surface area contributed by atoms with Gasteiger partial charge in [-0.15, -0.1) is 0 Å². The Morgan fingerprint density at radius 1 is 1.32 bits per heavy atom. The molecule has 28 heavy (non-hydrogen) atoms. The SMILES string of the molecule is C=C(OCCN1CCC(CCC(C)CC)C1)C(=N)C1=CCC(C)=C(C)CCC1. The highest BCUT2D eigenvalue weighted by atomic mass is 16.5. The monoisotopic (exact) mass is 386 g/mol. The molecule has 1 aliphatic carbocycles. The standard InChI is InChI=1S/C25H42N2O/c1-6-19(2)10-12-23-14-15-27(18-23)16-17-28-22(5)25(26)24-9-7-8-20(3)21(4)11-13-24/h13,19,23,26H,5-12,14-18H2,1-4H3. The van der Waals surface area contributed by atoms with Crippen LogP contribution >= 0.6 is 0 Å². The largest absolute Gasteiger partial charge is 0.491 e. The van der Waals surface area contributed by atoms with Crippen molar-refractivity contribution in [3.63, 3.8) is 0 Å². The van der Waals surface area contributed by atoms with E-state index in [1.807, 2.05) is 0 Å². The fourth-order valence-electron chi connectivity index (χ4n) is 4.16. The van der Waals surface area contributed by atoms with Crippen molar-refractivity contribution in [3.8, 4) is 0 Å². The Morgan fingerprint density at radius 2 is 2.11 bits per heavy atom. The summed E-state index contributed by atoms with van der Waals surface area (Å²) in [7, 11) is 0. The second-order valence-corrected chi connectivity index (χ2v) is 9.04. The lowest BCUT2D eigenvalue weighted by molar-refractivity contribution is 0.181. The molecule has 2 atom stereocenters. The molecule has 3 heteroatoms. The first-order valence-corrected chi connectivity index (χ1v) is 11.4. The van der Waals surface area contributed by atoms with Gasteiger partial charge in [0.25, 0.3) is 0 Å². The average molecular weight is 387 g/mol. The smallest absolute Gasteiger partial charge is 0.137 e. The summed E-state index contributed by atoms with van der Waals surface area (Å²) < 4.78 is 5.88. The number of likely N-dealkylation sites (tertiary alicyclic amines) is 1. The summed E-state index contributed by atoms with van der Waals surface area (Å²) in [6.07, 6.45) is 11.7. The molecule has 1 heterocycles. The molecule has 0 radical (unpaired) electrons. The zero-order chi connectivity index (χ0) is 20.5. The van der Waals surface area contributed by atoms with Crippen LogP contribution in [0.4, 0.5) is 0 Å². The predicted octanol–water partition coefficient (Wildman–Crippen LogP) is 6.52. The van der Waals surface area contributed by atoms with E-state index in [1.165, 1.54) is 49.9 Å². The summed E-state index contributed by atoms with van der Waals surface area (Å²) in [5, 5.41) is 8.48. The molecule has 0 spiro atoms. The molecular formula is C25H42N2O. The number of hydrogen-bond acceptors (Lipinski definition) is 3. The Labute approximate surface area is 173 Å². The Morgan fingerprint density at radius 3 is 2.86 bits per heavy atom. The van der Waals surface area contributed by atoms with Crippen LogP contribution in [-0.2, 0) is 4.74 Å². The van der Waals surface area contributed by atoms with E-state index in [0.29, 0.717) is 18.1 Å². The van der Waals surface area contributed by atoms with Crippen LogP contribution in [0, 0.1) is 17.2 Å². The Hall–Kier alpha value is -1.35. The van der Waals surface area contributed by atoms with Gasteiger partial charge in [-0.3, -0.25) is 10.3 Å². The minimum atomic E-state index is 0.500. The highest BCUT2D eigenvalue weighted by Crippen LogP contribution is 2.25. The predicted molar refractivity (Wildman–Crippen MR) is 121 cm³/mol. The molecule has 0 aromatic rings. The van der Waals surface area contributed by atoms with Crippen LogP contribution < -0.4 is 0 Å². The van der Waals surface area contributed by atoms with Crippen molar-refractivity contribution in [1.82, 2.24) is 4.90 Å². The fraction of sp³-hybridized carbons (Fsp3) is 0.720. The quantitative estimate of drug-likeness (QED) is 0.263. The summed E-state index contributed by atoms with van der Waals surface area (Å²) in [5.74, 6) is 2.26. The number of nitrogens with zero attached hydrogens (tertiary/aromatic N) is 1. The molecule has 158 valence electrons. The molecule has 0 saturated carbocycles. The van der Waals surface area contributed by atoms with E-state index in [-0.39, 0.29) is 0 Å². The molecular weight excluding hydrogens is 344 g/mol. The lowest BCUT2D eigenvalue weighted by Gasteiger charge is -2.19. The van der Waals surface area contributed by atoms with Crippen molar-refractivity contribution >= 4 is 5.71 Å². The van der Waals surface area contributed by atoms with E-state index >= 15 is 0 Å². The van der Waals surface area contributed by atoms with Crippen LogP contribution in [0.2, 0.25) is 0 Å². The Balaban J connectivity index is 1.70. The van der Waals surface area contributed by atoms with Gasteiger partial charge in [-0.1, -0.05) is 50.5 Å². The van der Waals surface area contributed by atoms with E-state index in [1.54, 1.807) is 0 Å². The van der Waals surface area contributed by atoms with Crippen molar-refractivity contribution in [2.45, 2.75) is 79.1 Å². The Bertz CT molecular complexity index is 602. The lowest BCUT2D eigenvalue weighted by Crippen LogP contribution is -2.26. The van der Waals surface area contributed by atoms with Crippen LogP contribution in [-0.4, -0.2) is 36.9 Å². The van der Waals surface area contributed by atoms with Crippen molar-refractivity contribution in [3.05, 3.63) is 35.1 Å². The molecule has 2 rings (SSSR count). The molecule has 1 N–H and O–H groups in total. The second-order valence-electron chi connectivity index (χ2n) is 9.04. The van der Waals surface area contributed by atoms with E-state index in [4.69, 9.17) is 10.1 Å². The molecule has 2 aliphatic rings. The summed E-state index contributed by atoms with van der Waals surface area (Å²) in [6, 6.07) is 0. The maximum absolute atomic E-state index is 8.48. The van der Waals surface area contributed by atoms with Crippen molar-refractivity contribution in [1.29, 1.82) is 5.41 Å². The zero-order valence-electron chi connectivity index (χ0n) is 18.8. The fourth-order valence-corrected chi connectivity index (χ4v) is 4.16. The number of allylic oxidation sites excluding steroid dienone is 4. The van der Waals surface area contributed by atoms with Gasteiger partial charge in [0.05, 0.1) is 5.71 Å². The molecule has 0 aromatic carbocycles. The molecule has 0 aromatic heterocycles. The normalized spacial score (nSPS) is 22.4. The maximum atomic E-state index is 8.48. The number of ether oxygens (including phenoxy) is 1. The number of rotatable bonds is 10. The maximum Gasteiger partial charge on any atom is 0.137 e. The first-order valence-electron chi connectivity index (χ1n) is 11.4. The van der Waals surface area contributed by atoms with E-state index in [0.717, 1.165) is 49.6 Å². The third-order valence-electron chi connectivity index (χ3n) is 6.80. The summed E-state index contributed by atoms with van der Waals surface area (Å²) in [4.78, 5) is 2.52. The molecule has 1 aliphatic heterocycles. The van der Waals surface area contributed by atoms with Gasteiger partial charge in [0.1, 0.15) is 12.4 Å². The van der Waals surface area contributed by atoms with Gasteiger partial charge < -0.3 is 4.74 Å². The van der Waals surface area contributed by atoms with Gasteiger partial charge in [-0.05, 0) is 76.3 Å². The second kappa shape index (κ2) is 11.6. The van der Waals surface area contributed by atoms with Gasteiger partial charge in [0.2, 0.25) is 0 Å². The molecule has 0 amide bonds. The topological polar surface area (TPSA) is 36.3 Å². The van der Waals surface area contributed by atoms with Crippen LogP contribution in [0.5, 0.6) is 0 Å². The molecule has 3 nitrogen and oxygen atoms in total. The summed E-state index contributed by atoms with van der Waals surface area (Å²) in [6.45, 7) is 17.1. The minimum Gasteiger partial charge on any atom is -0.491 e. The highest BCUT2D eigenvalue weighted by molar-refractivity contribution is 6.08. The van der Waals surface area contributed by atoms with Crippen molar-refractivity contribution in [2.75, 3.05) is 26.2 Å². The van der Waals surface area contributed by atoms with Gasteiger partial charge in [0, 0.05) is 13.1 Å². The summed E-state index contributed by atoms with van der Waals surface area (Å²) >= 11 is 0. The number of hydrogen-bond donors (Lipinski definition) is 1. The van der Waals surface area contributed by atoms with E-state index in [2.05, 4.69) is 45.2 Å². The Kier molecular flexibility index (Phi) is 9.50. The lowest BCUT2D eigenvalue weighted by atomic mass is 9.93. The van der Waals surface area contributed by atoms with Crippen molar-refractivity contribution < 1.29 is 4.74 Å². The number of nitrogens with one attached hydrogen (secondary N) is 1. The van der Waals surface area contributed by atoms with E-state index < -0.39 is 0 Å². The first-order chi connectivity index (χ1) is 13.4. The third-order valence-corrected chi connectivity index (χ3v) is 6.80. The van der Waals surface area contributed by atoms with Gasteiger partial charge >= 0.3 is 0 Å².